The summed E-state index contributed by atoms with van der Waals surface area (Å²) in [5.74, 6) is 1.00. The number of aryl methyl sites for hydroxylation is 4. The first kappa shape index (κ1) is 25.0. The Bertz CT molecular complexity index is 1260. The molecule has 182 valence electrons. The number of rotatable bonds is 7. The van der Waals surface area contributed by atoms with Gasteiger partial charge in [-0.1, -0.05) is 12.1 Å². The van der Waals surface area contributed by atoms with Crippen molar-refractivity contribution in [2.24, 2.45) is 0 Å². The van der Waals surface area contributed by atoms with Gasteiger partial charge in [0.1, 0.15) is 11.6 Å². The Hall–Kier alpha value is -3.10. The minimum Gasteiger partial charge on any atom is -0.311 e. The van der Waals surface area contributed by atoms with E-state index < -0.39 is 5.41 Å². The van der Waals surface area contributed by atoms with Crippen LogP contribution in [0, 0.1) is 20.8 Å². The number of ketones is 1. The van der Waals surface area contributed by atoms with E-state index in [1.54, 1.807) is 6.07 Å². The molecular weight excluding hydrogens is 460 g/mol. The topological polar surface area (TPSA) is 94.1 Å². The quantitative estimate of drug-likeness (QED) is 0.460. The molecule has 1 aliphatic carbocycles. The zero-order valence-electron chi connectivity index (χ0n) is 20.8. The summed E-state index contributed by atoms with van der Waals surface area (Å²) in [7, 11) is 0. The first-order valence-electron chi connectivity index (χ1n) is 11.8. The third-order valence-electron chi connectivity index (χ3n) is 6.24. The molecule has 0 fully saturated rings. The second-order valence-corrected chi connectivity index (χ2v) is 9.98. The van der Waals surface area contributed by atoms with E-state index >= 15 is 0 Å². The summed E-state index contributed by atoms with van der Waals surface area (Å²) in [6.07, 6.45) is 1.47. The Morgan fingerprint density at radius 1 is 1.11 bits per heavy atom. The zero-order valence-corrected chi connectivity index (χ0v) is 21.6. The Kier molecular flexibility index (Phi) is 7.33. The summed E-state index contributed by atoms with van der Waals surface area (Å²) in [5, 5.41) is 2.90. The Morgan fingerprint density at radius 2 is 1.86 bits per heavy atom. The van der Waals surface area contributed by atoms with Crippen LogP contribution in [0.4, 0.5) is 5.82 Å². The molecular formula is C27H30N4O3S. The Morgan fingerprint density at radius 3 is 2.54 bits per heavy atom. The standard InChI is InChI=1S/C27H30N4O3S/c1-6-34-35-20-9-7-19(8-10-20)15-24(32)31-23-13-16(2)25-21(30-23)11-12-27(5,26(25)33)22-14-17(3)28-18(4)29-22/h7-10,13-14H,6,11-12,15H2,1-5H3,(H,30,31,32). The number of fused-ring (bicyclic) bond motifs is 1. The van der Waals surface area contributed by atoms with Crippen LogP contribution < -0.4 is 5.32 Å². The number of pyridine rings is 1. The predicted octanol–water partition coefficient (Wildman–Crippen LogP) is 5.11. The van der Waals surface area contributed by atoms with Crippen molar-refractivity contribution in [2.75, 3.05) is 11.9 Å². The van der Waals surface area contributed by atoms with Crippen molar-refractivity contribution in [2.45, 2.75) is 64.2 Å². The van der Waals surface area contributed by atoms with Crippen LogP contribution in [0.5, 0.6) is 0 Å². The molecule has 4 rings (SSSR count). The van der Waals surface area contributed by atoms with Crippen LogP contribution in [0.15, 0.2) is 41.3 Å². The van der Waals surface area contributed by atoms with Gasteiger partial charge < -0.3 is 9.50 Å². The van der Waals surface area contributed by atoms with E-state index in [0.717, 1.165) is 33.1 Å². The van der Waals surface area contributed by atoms with Crippen LogP contribution in [0.25, 0.3) is 0 Å². The van der Waals surface area contributed by atoms with E-state index in [1.807, 2.05) is 65.0 Å². The van der Waals surface area contributed by atoms with Gasteiger partial charge in [0.25, 0.3) is 0 Å². The largest absolute Gasteiger partial charge is 0.311 e. The lowest BCUT2D eigenvalue weighted by molar-refractivity contribution is -0.115. The number of anilines is 1. The van der Waals surface area contributed by atoms with Gasteiger partial charge in [-0.2, -0.15) is 0 Å². The lowest BCUT2D eigenvalue weighted by Crippen LogP contribution is -2.39. The minimum atomic E-state index is -0.727. The zero-order chi connectivity index (χ0) is 25.2. The molecule has 0 aliphatic heterocycles. The Labute approximate surface area is 210 Å². The molecule has 1 amide bonds. The number of amides is 1. The smallest absolute Gasteiger partial charge is 0.229 e. The average Bonchev–Trinajstić information content (AvgIpc) is 2.80. The number of hydrogen-bond donors (Lipinski definition) is 1. The van der Waals surface area contributed by atoms with E-state index in [0.29, 0.717) is 36.7 Å². The van der Waals surface area contributed by atoms with Crippen LogP contribution in [-0.2, 0) is 27.2 Å². The average molecular weight is 491 g/mol. The van der Waals surface area contributed by atoms with Gasteiger partial charge >= 0.3 is 0 Å². The number of nitrogens with zero attached hydrogens (tertiary/aromatic N) is 3. The molecule has 1 atom stereocenters. The molecule has 2 heterocycles. The molecule has 0 bridgehead atoms. The summed E-state index contributed by atoms with van der Waals surface area (Å²) in [4.78, 5) is 40.9. The number of hydrogen-bond acceptors (Lipinski definition) is 7. The second kappa shape index (κ2) is 10.3. The van der Waals surface area contributed by atoms with E-state index in [2.05, 4.69) is 20.3 Å². The van der Waals surface area contributed by atoms with Crippen molar-refractivity contribution in [1.82, 2.24) is 15.0 Å². The number of nitrogens with one attached hydrogen (secondary N) is 1. The van der Waals surface area contributed by atoms with Gasteiger partial charge in [-0.3, -0.25) is 9.59 Å². The third kappa shape index (κ3) is 5.44. The molecule has 8 heteroatoms. The van der Waals surface area contributed by atoms with Crippen LogP contribution >= 0.6 is 12.0 Å². The lowest BCUT2D eigenvalue weighted by Gasteiger charge is -2.33. The highest BCUT2D eigenvalue weighted by molar-refractivity contribution is 7.94. The Balaban J connectivity index is 1.50. The number of benzene rings is 1. The third-order valence-corrected chi connectivity index (χ3v) is 7.06. The highest BCUT2D eigenvalue weighted by Crippen LogP contribution is 2.38. The normalized spacial score (nSPS) is 17.2. The molecule has 3 aromatic rings. The van der Waals surface area contributed by atoms with Crippen molar-refractivity contribution in [3.63, 3.8) is 0 Å². The summed E-state index contributed by atoms with van der Waals surface area (Å²) in [6, 6.07) is 11.4. The molecule has 0 saturated carbocycles. The maximum absolute atomic E-state index is 13.7. The summed E-state index contributed by atoms with van der Waals surface area (Å²) < 4.78 is 5.33. The number of carbonyl (C=O) groups is 2. The fourth-order valence-corrected chi connectivity index (χ4v) is 4.96. The number of carbonyl (C=O) groups excluding carboxylic acids is 2. The minimum absolute atomic E-state index is 0.0177. The molecule has 2 aromatic heterocycles. The van der Waals surface area contributed by atoms with Crippen LogP contribution in [0.2, 0.25) is 0 Å². The van der Waals surface area contributed by atoms with Crippen molar-refractivity contribution in [3.05, 3.63) is 76.0 Å². The second-order valence-electron chi connectivity index (χ2n) is 9.11. The molecule has 1 aromatic carbocycles. The molecule has 1 aliphatic rings. The maximum atomic E-state index is 13.7. The first-order valence-corrected chi connectivity index (χ1v) is 12.5. The number of aromatic nitrogens is 3. The molecule has 0 saturated heterocycles. The van der Waals surface area contributed by atoms with Crippen molar-refractivity contribution < 1.29 is 13.8 Å². The summed E-state index contributed by atoms with van der Waals surface area (Å²) in [5.41, 5.74) is 3.94. The van der Waals surface area contributed by atoms with Gasteiger partial charge in [-0.05, 0) is 82.9 Å². The van der Waals surface area contributed by atoms with Crippen molar-refractivity contribution in [3.8, 4) is 0 Å². The van der Waals surface area contributed by atoms with Crippen molar-refractivity contribution >= 4 is 29.6 Å². The summed E-state index contributed by atoms with van der Waals surface area (Å²) >= 11 is 1.32. The molecule has 0 spiro atoms. The van der Waals surface area contributed by atoms with Gasteiger partial charge in [0.2, 0.25) is 5.91 Å². The molecule has 35 heavy (non-hydrogen) atoms. The van der Waals surface area contributed by atoms with E-state index in [9.17, 15) is 9.59 Å². The molecule has 1 N–H and O–H groups in total. The lowest BCUT2D eigenvalue weighted by atomic mass is 9.70. The van der Waals surface area contributed by atoms with Gasteiger partial charge in [0, 0.05) is 28.2 Å². The highest BCUT2D eigenvalue weighted by atomic mass is 32.2. The van der Waals surface area contributed by atoms with Gasteiger partial charge in [0.15, 0.2) is 5.78 Å². The molecule has 1 unspecified atom stereocenters. The molecule has 7 nitrogen and oxygen atoms in total. The predicted molar refractivity (Wildman–Crippen MR) is 137 cm³/mol. The monoisotopic (exact) mass is 490 g/mol. The maximum Gasteiger partial charge on any atom is 0.229 e. The van der Waals surface area contributed by atoms with Crippen LogP contribution in [0.1, 0.15) is 64.7 Å². The SMILES string of the molecule is CCOSc1ccc(CC(=O)Nc2cc(C)c3c(n2)CCC(C)(c2cc(C)nc(C)n2)C3=O)cc1. The fourth-order valence-electron chi connectivity index (χ4n) is 4.46. The number of Topliss-reactive ketones (excluding diaryl/α,β-unsaturated/α-hetero) is 1. The van der Waals surface area contributed by atoms with Gasteiger partial charge in [-0.25, -0.2) is 15.0 Å². The summed E-state index contributed by atoms with van der Waals surface area (Å²) in [6.45, 7) is 10.2. The first-order chi connectivity index (χ1) is 16.7. The molecule has 0 radical (unpaired) electrons. The van der Waals surface area contributed by atoms with Gasteiger partial charge in [-0.15, -0.1) is 0 Å². The van der Waals surface area contributed by atoms with Crippen molar-refractivity contribution in [1.29, 1.82) is 0 Å². The highest BCUT2D eigenvalue weighted by Gasteiger charge is 2.42. The van der Waals surface area contributed by atoms with E-state index in [4.69, 9.17) is 4.18 Å². The van der Waals surface area contributed by atoms with Crippen LogP contribution in [0.3, 0.4) is 0 Å². The van der Waals surface area contributed by atoms with E-state index in [1.165, 1.54) is 12.0 Å². The van der Waals surface area contributed by atoms with Gasteiger partial charge in [0.05, 0.1) is 29.8 Å². The van der Waals surface area contributed by atoms with Crippen LogP contribution in [-0.4, -0.2) is 33.2 Å². The van der Waals surface area contributed by atoms with E-state index in [-0.39, 0.29) is 18.1 Å². The fraction of sp³-hybridized carbons (Fsp3) is 0.370.